The molecular weight excluding hydrogens is 524 g/mol. The second-order valence-corrected chi connectivity index (χ2v) is 12.1. The fraction of sp³-hybridized carbons (Fsp3) is 0.391. The molecule has 0 atom stereocenters. The molecule has 0 bridgehead atoms. The van der Waals surface area contributed by atoms with E-state index in [4.69, 9.17) is 4.98 Å². The van der Waals surface area contributed by atoms with Crippen molar-refractivity contribution in [3.8, 4) is 0 Å². The number of nitrogens with zero attached hydrogens (tertiary/aromatic N) is 4. The fourth-order valence-corrected chi connectivity index (χ4v) is 6.53. The minimum absolute atomic E-state index is 0.0776. The average molecular weight is 552 g/mol. The summed E-state index contributed by atoms with van der Waals surface area (Å²) in [5, 5.41) is 0.969. The highest BCUT2D eigenvalue weighted by Crippen LogP contribution is 2.31. The number of carbonyl (C=O) groups excluding carboxylic acids is 1. The molecule has 1 saturated heterocycles. The zero-order valence-corrected chi connectivity index (χ0v) is 21.9. The van der Waals surface area contributed by atoms with Crippen LogP contribution in [-0.2, 0) is 10.0 Å². The summed E-state index contributed by atoms with van der Waals surface area (Å²) in [6, 6.07) is 12.3. The summed E-state index contributed by atoms with van der Waals surface area (Å²) in [5.41, 5.74) is 1.48. The van der Waals surface area contributed by atoms with Crippen LogP contribution in [0, 0.1) is 0 Å². The van der Waals surface area contributed by atoms with Crippen LogP contribution in [-0.4, -0.2) is 68.3 Å². The van der Waals surface area contributed by atoms with Crippen molar-refractivity contribution >= 4 is 58.5 Å². The van der Waals surface area contributed by atoms with Gasteiger partial charge in [0.1, 0.15) is 0 Å². The molecule has 1 aliphatic rings. The van der Waals surface area contributed by atoms with Gasteiger partial charge in [0.05, 0.1) is 15.1 Å². The largest absolute Gasteiger partial charge is 0.345 e. The lowest BCUT2D eigenvalue weighted by Crippen LogP contribution is -2.48. The summed E-state index contributed by atoms with van der Waals surface area (Å²) in [5.74, 6) is -0.0776. The summed E-state index contributed by atoms with van der Waals surface area (Å²) in [6.07, 6.45) is 1.74. The number of amides is 1. The number of unbranched alkanes of at least 4 members (excludes halogenated alkanes) is 1. The number of piperazine rings is 1. The van der Waals surface area contributed by atoms with Gasteiger partial charge in [0.2, 0.25) is 10.0 Å². The molecule has 1 aromatic heterocycles. The number of benzene rings is 2. The molecule has 0 spiro atoms. The Hall–Kier alpha value is -2.01. The molecule has 0 N–H and O–H groups in total. The maximum atomic E-state index is 13.0. The lowest BCUT2D eigenvalue weighted by atomic mass is 10.2. The van der Waals surface area contributed by atoms with Crippen LogP contribution in [0.25, 0.3) is 10.2 Å². The predicted molar refractivity (Wildman–Crippen MR) is 137 cm³/mol. The van der Waals surface area contributed by atoms with Crippen molar-refractivity contribution in [2.75, 3.05) is 44.7 Å². The molecule has 3 aromatic rings. The van der Waals surface area contributed by atoms with Gasteiger partial charge in [-0.05, 0) is 48.9 Å². The van der Waals surface area contributed by atoms with Gasteiger partial charge >= 0.3 is 0 Å². The summed E-state index contributed by atoms with van der Waals surface area (Å²) >= 11 is 5.16. The molecule has 1 amide bonds. The lowest BCUT2D eigenvalue weighted by molar-refractivity contribution is 0.0746. The molecule has 2 aromatic carbocycles. The Morgan fingerprint density at radius 2 is 1.82 bits per heavy atom. The Bertz CT molecular complexity index is 1240. The summed E-state index contributed by atoms with van der Waals surface area (Å²) in [6.45, 7) is 5.12. The Morgan fingerprint density at radius 3 is 2.48 bits per heavy atom. The molecule has 10 heteroatoms. The van der Waals surface area contributed by atoms with Crippen molar-refractivity contribution in [3.05, 3.63) is 52.5 Å². The van der Waals surface area contributed by atoms with Gasteiger partial charge in [-0.3, -0.25) is 4.79 Å². The molecular formula is C23H27BrN4O3S2. The van der Waals surface area contributed by atoms with E-state index in [1.54, 1.807) is 30.5 Å². The van der Waals surface area contributed by atoms with Crippen LogP contribution >= 0.6 is 27.3 Å². The van der Waals surface area contributed by atoms with Gasteiger partial charge in [-0.25, -0.2) is 17.7 Å². The molecule has 33 heavy (non-hydrogen) atoms. The number of aromatic nitrogens is 1. The molecule has 7 nitrogen and oxygen atoms in total. The Morgan fingerprint density at radius 1 is 1.12 bits per heavy atom. The minimum atomic E-state index is -3.54. The lowest BCUT2D eigenvalue weighted by Gasteiger charge is -2.34. The molecule has 1 fully saturated rings. The number of sulfonamides is 1. The fourth-order valence-electron chi connectivity index (χ4n) is 3.76. The zero-order chi connectivity index (χ0) is 23.6. The smallest absolute Gasteiger partial charge is 0.253 e. The van der Waals surface area contributed by atoms with E-state index >= 15 is 0 Å². The maximum Gasteiger partial charge on any atom is 0.253 e. The van der Waals surface area contributed by atoms with E-state index in [9.17, 15) is 13.2 Å². The van der Waals surface area contributed by atoms with Crippen LogP contribution in [0.3, 0.4) is 0 Å². The monoisotopic (exact) mass is 550 g/mol. The molecule has 2 heterocycles. The van der Waals surface area contributed by atoms with Gasteiger partial charge in [0, 0.05) is 49.8 Å². The third-order valence-electron chi connectivity index (χ3n) is 5.81. The molecule has 0 saturated carbocycles. The summed E-state index contributed by atoms with van der Waals surface area (Å²) in [7, 11) is -1.95. The molecule has 0 radical (unpaired) electrons. The highest BCUT2D eigenvalue weighted by atomic mass is 79.9. The topological polar surface area (TPSA) is 73.8 Å². The SMILES string of the molecule is CCCCN(C)S(=O)(=O)c1ccc(C(=O)N2CCN(c3nc4ccc(Br)cc4s3)CC2)cc1. The van der Waals surface area contributed by atoms with Crippen LogP contribution in [0.5, 0.6) is 0 Å². The number of fused-ring (bicyclic) bond motifs is 1. The number of carbonyl (C=O) groups is 1. The van der Waals surface area contributed by atoms with Crippen LogP contribution < -0.4 is 4.90 Å². The normalized spacial score (nSPS) is 14.9. The minimum Gasteiger partial charge on any atom is -0.345 e. The third-order valence-corrected chi connectivity index (χ3v) is 9.26. The van der Waals surface area contributed by atoms with E-state index in [2.05, 4.69) is 26.9 Å². The molecule has 176 valence electrons. The van der Waals surface area contributed by atoms with E-state index in [1.807, 2.05) is 24.0 Å². The molecule has 4 rings (SSSR count). The first kappa shape index (κ1) is 24.1. The first-order chi connectivity index (χ1) is 15.8. The number of thiazole rings is 1. The second kappa shape index (κ2) is 10.1. The van der Waals surface area contributed by atoms with Crippen molar-refractivity contribution in [2.45, 2.75) is 24.7 Å². The van der Waals surface area contributed by atoms with Gasteiger partial charge in [0.25, 0.3) is 5.91 Å². The number of hydrogen-bond acceptors (Lipinski definition) is 6. The Labute approximate surface area is 207 Å². The quantitative estimate of drug-likeness (QED) is 0.434. The van der Waals surface area contributed by atoms with Crippen molar-refractivity contribution < 1.29 is 13.2 Å². The van der Waals surface area contributed by atoms with Gasteiger partial charge in [-0.15, -0.1) is 0 Å². The molecule has 0 unspecified atom stereocenters. The van der Waals surface area contributed by atoms with E-state index in [0.29, 0.717) is 38.3 Å². The summed E-state index contributed by atoms with van der Waals surface area (Å²) < 4.78 is 28.9. The van der Waals surface area contributed by atoms with E-state index in [-0.39, 0.29) is 10.8 Å². The van der Waals surface area contributed by atoms with Crippen molar-refractivity contribution in [1.82, 2.24) is 14.2 Å². The Balaban J connectivity index is 1.39. The predicted octanol–water partition coefficient (Wildman–Crippen LogP) is 4.44. The highest BCUT2D eigenvalue weighted by Gasteiger charge is 2.25. The molecule has 0 aliphatic carbocycles. The molecule has 1 aliphatic heterocycles. The number of hydrogen-bond donors (Lipinski definition) is 0. The van der Waals surface area contributed by atoms with E-state index in [0.717, 1.165) is 32.7 Å². The van der Waals surface area contributed by atoms with Crippen LogP contribution in [0.15, 0.2) is 51.8 Å². The number of rotatable bonds is 7. The average Bonchev–Trinajstić information content (AvgIpc) is 3.25. The van der Waals surface area contributed by atoms with Gasteiger partial charge in [-0.1, -0.05) is 40.6 Å². The van der Waals surface area contributed by atoms with E-state index < -0.39 is 10.0 Å². The first-order valence-corrected chi connectivity index (χ1v) is 14.0. The Kier molecular flexibility index (Phi) is 7.37. The summed E-state index contributed by atoms with van der Waals surface area (Å²) in [4.78, 5) is 22.0. The highest BCUT2D eigenvalue weighted by molar-refractivity contribution is 9.10. The first-order valence-electron chi connectivity index (χ1n) is 11.0. The van der Waals surface area contributed by atoms with Crippen molar-refractivity contribution in [3.63, 3.8) is 0 Å². The van der Waals surface area contributed by atoms with Gasteiger partial charge in [0.15, 0.2) is 5.13 Å². The number of halogens is 1. The van der Waals surface area contributed by atoms with Crippen LogP contribution in [0.2, 0.25) is 0 Å². The number of anilines is 1. The second-order valence-electron chi connectivity index (χ2n) is 8.09. The van der Waals surface area contributed by atoms with Gasteiger partial charge < -0.3 is 9.80 Å². The van der Waals surface area contributed by atoms with E-state index in [1.165, 1.54) is 16.4 Å². The van der Waals surface area contributed by atoms with Gasteiger partial charge in [-0.2, -0.15) is 0 Å². The van der Waals surface area contributed by atoms with Crippen molar-refractivity contribution in [1.29, 1.82) is 0 Å². The maximum absolute atomic E-state index is 13.0. The zero-order valence-electron chi connectivity index (χ0n) is 18.7. The van der Waals surface area contributed by atoms with Crippen LogP contribution in [0.1, 0.15) is 30.1 Å². The third kappa shape index (κ3) is 5.24. The van der Waals surface area contributed by atoms with Crippen molar-refractivity contribution in [2.24, 2.45) is 0 Å². The van der Waals surface area contributed by atoms with Crippen LogP contribution in [0.4, 0.5) is 5.13 Å². The standard InChI is InChI=1S/C23H27BrN4O3S2/c1-3-4-11-26(2)33(30,31)19-8-5-17(6-9-19)22(29)27-12-14-28(15-13-27)23-25-20-10-7-18(24)16-21(20)32-23/h5-10,16H,3-4,11-15H2,1-2H3.